The van der Waals surface area contributed by atoms with E-state index in [1.54, 1.807) is 0 Å². The van der Waals surface area contributed by atoms with Gasteiger partial charge in [0.1, 0.15) is 235 Å². The highest BCUT2D eigenvalue weighted by Gasteiger charge is 2.32. The lowest BCUT2D eigenvalue weighted by atomic mass is 9.54. The standard InChI is InChI=1S/C46H60B30/c47-17-3-1(5-8-10(31(61)37(67)20(5)50)32(62)41(71)40(70)23(8)53)4-7(22(52)39(69)38(68)21(4)51)2(6(3)19(49)26(56)11(17)16-35(65)44(74)46(76)45(75)36(16)66)9-24(54)28(58)14(29(59)25(9)55)12-18(48)13-15(30(60)27(12)57)34(64)43(73)42(72)33(13)63/h47-76H2. The summed E-state index contributed by atoms with van der Waals surface area (Å²) in [5.41, 5.74) is 53.3. The Balaban J connectivity index is 1.63. The van der Waals surface area contributed by atoms with Crippen LogP contribution in [0.4, 0.5) is 0 Å². The fraction of sp³-hybridized carbons (Fsp3) is 0. The summed E-state index contributed by atoms with van der Waals surface area (Å²) >= 11 is 0. The molecule has 0 aliphatic carbocycles. The summed E-state index contributed by atoms with van der Waals surface area (Å²) < 4.78 is 0. The van der Waals surface area contributed by atoms with Crippen LogP contribution >= 0.6 is 0 Å². The zero-order chi connectivity index (χ0) is 56.6. The molecule has 30 heteroatoms. The minimum atomic E-state index is 1.38. The van der Waals surface area contributed by atoms with Crippen LogP contribution in [0.15, 0.2) is 0 Å². The van der Waals surface area contributed by atoms with Crippen LogP contribution in [0, 0.1) is 0 Å². The second-order valence-corrected chi connectivity index (χ2v) is 24.8. The molecule has 0 saturated heterocycles. The van der Waals surface area contributed by atoms with Crippen LogP contribution in [0.3, 0.4) is 0 Å². The Morgan fingerprint density at radius 1 is 0.0789 bits per heavy atom. The first-order valence-corrected chi connectivity index (χ1v) is 28.5. The zero-order valence-corrected chi connectivity index (χ0v) is 53.0. The molecule has 0 aliphatic heterocycles. The molecule has 0 spiro atoms. The molecular formula is C46H60B30. The molecule has 0 N–H and O–H groups in total. The molecule has 9 rings (SSSR count). The lowest BCUT2D eigenvalue weighted by Crippen LogP contribution is -2.56. The van der Waals surface area contributed by atoms with Gasteiger partial charge in [0.25, 0.3) is 0 Å². The summed E-state index contributed by atoms with van der Waals surface area (Å²) in [6.45, 7) is 0. The quantitative estimate of drug-likeness (QED) is 0.122. The molecule has 0 aromatic heterocycles. The SMILES string of the molecule is Bc1c(B)c(B)c(-c2c(B)c(B)c3c(-c4c(B)c(B)c(-c5c(B)c(B)c6c(B)c(B)c(B)c(B)c6c5B)c(B)c4B)c4c(B)c(B)c(B)c(B)c4c(-c4c(B)c(B)c(B)c5c(B)c(B)c(B)c(B)c45)c3c2B)c(B)c1B. The molecule has 0 fully saturated rings. The van der Waals surface area contributed by atoms with E-state index in [2.05, 4.69) is 235 Å². The van der Waals surface area contributed by atoms with Crippen molar-refractivity contribution in [2.45, 2.75) is 0 Å². The van der Waals surface area contributed by atoms with Crippen LogP contribution in [0.25, 0.3) is 87.6 Å². The molecular weight excluding hydrogens is 877 g/mol. The minimum Gasteiger partial charge on any atom is -0.102 e. The maximum Gasteiger partial charge on any atom is 0.140 e. The summed E-state index contributed by atoms with van der Waals surface area (Å²) in [6, 6.07) is 0. The summed E-state index contributed by atoms with van der Waals surface area (Å²) in [6.07, 6.45) is 0. The van der Waals surface area contributed by atoms with E-state index in [-0.39, 0.29) is 0 Å². The molecule has 0 aliphatic rings. The van der Waals surface area contributed by atoms with Crippen molar-refractivity contribution in [1.82, 2.24) is 0 Å². The molecule has 0 atom stereocenters. The maximum absolute atomic E-state index is 2.50. The summed E-state index contributed by atoms with van der Waals surface area (Å²) in [5.74, 6) is 0. The number of fused-ring (bicyclic) bond motifs is 4. The van der Waals surface area contributed by atoms with Gasteiger partial charge < -0.3 is 0 Å². The van der Waals surface area contributed by atoms with Crippen LogP contribution in [-0.2, 0) is 0 Å². The van der Waals surface area contributed by atoms with E-state index in [0.29, 0.717) is 0 Å². The Kier molecular flexibility index (Phi) is 14.4. The number of benzene rings is 9. The van der Waals surface area contributed by atoms with E-state index in [1.165, 1.54) is 251 Å². The van der Waals surface area contributed by atoms with Gasteiger partial charge in [-0.3, -0.25) is 0 Å². The van der Waals surface area contributed by atoms with Crippen molar-refractivity contribution in [2.75, 3.05) is 0 Å². The fourth-order valence-corrected chi connectivity index (χ4v) is 15.4. The van der Waals surface area contributed by atoms with E-state index in [1.807, 2.05) is 0 Å². The molecule has 0 radical (unpaired) electrons. The van der Waals surface area contributed by atoms with E-state index in [0.717, 1.165) is 0 Å². The third kappa shape index (κ3) is 7.41. The van der Waals surface area contributed by atoms with Gasteiger partial charge in [-0.1, -0.05) is 109 Å². The smallest absolute Gasteiger partial charge is 0.102 e. The second-order valence-electron chi connectivity index (χ2n) is 24.8. The van der Waals surface area contributed by atoms with E-state index >= 15 is 0 Å². The highest BCUT2D eigenvalue weighted by molar-refractivity contribution is 6.78. The Morgan fingerprint density at radius 3 is 0.539 bits per heavy atom. The molecule has 0 saturated carbocycles. The van der Waals surface area contributed by atoms with Gasteiger partial charge in [0, 0.05) is 0 Å². The van der Waals surface area contributed by atoms with Gasteiger partial charge in [0.05, 0.1) is 0 Å². The average molecular weight is 937 g/mol. The van der Waals surface area contributed by atoms with Crippen molar-refractivity contribution in [3.8, 4) is 44.5 Å². The lowest BCUT2D eigenvalue weighted by Gasteiger charge is -2.34. The van der Waals surface area contributed by atoms with Gasteiger partial charge in [-0.2, -0.15) is 0 Å². The molecule has 9 aromatic carbocycles. The molecule has 0 bridgehead atoms. The van der Waals surface area contributed by atoms with Crippen molar-refractivity contribution in [1.29, 1.82) is 0 Å². The highest BCUT2D eigenvalue weighted by Crippen LogP contribution is 2.41. The van der Waals surface area contributed by atoms with Crippen molar-refractivity contribution in [3.05, 3.63) is 0 Å². The normalized spacial score (nSPS) is 11.7. The van der Waals surface area contributed by atoms with Gasteiger partial charge in [0.15, 0.2) is 0 Å². The van der Waals surface area contributed by atoms with Crippen LogP contribution < -0.4 is 164 Å². The molecule has 0 amide bonds. The first-order valence-electron chi connectivity index (χ1n) is 28.5. The van der Waals surface area contributed by atoms with Crippen molar-refractivity contribution < 1.29 is 0 Å². The summed E-state index contributed by atoms with van der Waals surface area (Å²) in [4.78, 5) is 0. The monoisotopic (exact) mass is 943 g/mol. The first kappa shape index (κ1) is 56.7. The Hall–Kier alpha value is -4.03. The Morgan fingerprint density at radius 2 is 0.197 bits per heavy atom. The molecule has 0 heterocycles. The maximum atomic E-state index is 2.50. The van der Waals surface area contributed by atoms with E-state index in [9.17, 15) is 0 Å². The van der Waals surface area contributed by atoms with Crippen LogP contribution in [0.5, 0.6) is 0 Å². The lowest BCUT2D eigenvalue weighted by molar-refractivity contribution is 1.82. The van der Waals surface area contributed by atoms with Gasteiger partial charge in [-0.15, -0.1) is 54.6 Å². The summed E-state index contributed by atoms with van der Waals surface area (Å²) in [5, 5.41) is 11.4. The van der Waals surface area contributed by atoms with E-state index < -0.39 is 0 Å². The fourth-order valence-electron chi connectivity index (χ4n) is 15.4. The highest BCUT2D eigenvalue weighted by atomic mass is 14.3. The van der Waals surface area contributed by atoms with Gasteiger partial charge >= 0.3 is 0 Å². The largest absolute Gasteiger partial charge is 0.140 e. The molecule has 334 valence electrons. The molecule has 9 aromatic rings. The summed E-state index contributed by atoms with van der Waals surface area (Å²) in [7, 11) is 72.0. The number of hydrogen-bond acceptors (Lipinski definition) is 0. The minimum absolute atomic E-state index is 1.38. The third-order valence-corrected chi connectivity index (χ3v) is 22.2. The zero-order valence-electron chi connectivity index (χ0n) is 53.0. The van der Waals surface area contributed by atoms with Gasteiger partial charge in [0.2, 0.25) is 0 Å². The van der Waals surface area contributed by atoms with Gasteiger partial charge in [-0.25, -0.2) is 0 Å². The van der Waals surface area contributed by atoms with Crippen molar-refractivity contribution in [3.63, 3.8) is 0 Å². The van der Waals surface area contributed by atoms with Crippen molar-refractivity contribution in [2.24, 2.45) is 0 Å². The molecule has 0 nitrogen and oxygen atoms in total. The molecule has 76 heavy (non-hydrogen) atoms. The van der Waals surface area contributed by atoms with Crippen LogP contribution in [0.2, 0.25) is 0 Å². The second kappa shape index (κ2) is 19.4. The average Bonchev–Trinajstić information content (AvgIpc) is 3.39. The third-order valence-electron chi connectivity index (χ3n) is 22.2. The van der Waals surface area contributed by atoms with Crippen LogP contribution in [0.1, 0.15) is 0 Å². The van der Waals surface area contributed by atoms with E-state index in [4.69, 9.17) is 0 Å². The van der Waals surface area contributed by atoms with Crippen LogP contribution in [-0.4, -0.2) is 235 Å². The van der Waals surface area contributed by atoms with Gasteiger partial charge in [-0.05, 0) is 87.6 Å². The Bertz CT molecular complexity index is 4210. The Labute approximate surface area is 483 Å². The predicted octanol–water partition coefficient (Wildman–Crippen LogP) is -39.3. The molecule has 0 unspecified atom stereocenters. The first-order chi connectivity index (χ1) is 35.3. The number of rotatable bonds is 4. The van der Waals surface area contributed by atoms with Crippen molar-refractivity contribution >= 4 is 442 Å². The number of hydrogen-bond donors (Lipinski definition) is 0. The predicted molar refractivity (Wildman–Crippen MR) is 444 cm³/mol. The topological polar surface area (TPSA) is 0 Å².